The summed E-state index contributed by atoms with van der Waals surface area (Å²) < 4.78 is 20.6. The van der Waals surface area contributed by atoms with E-state index in [9.17, 15) is 9.18 Å². The summed E-state index contributed by atoms with van der Waals surface area (Å²) in [5.74, 6) is -0.196. The molecule has 0 fully saturated rings. The Bertz CT molecular complexity index is 797. The van der Waals surface area contributed by atoms with Crippen LogP contribution in [0.5, 0.6) is 0 Å². The summed E-state index contributed by atoms with van der Waals surface area (Å²) in [7, 11) is -1.91. The molecule has 154 valence electrons. The fraction of sp³-hybridized carbons (Fsp3) is 0.542. The summed E-state index contributed by atoms with van der Waals surface area (Å²) in [6.07, 6.45) is 6.09. The molecule has 0 aliphatic heterocycles. The Morgan fingerprint density at radius 3 is 2.43 bits per heavy atom. The summed E-state index contributed by atoms with van der Waals surface area (Å²) in [5.41, 5.74) is 3.81. The molecule has 1 aromatic rings. The van der Waals surface area contributed by atoms with Gasteiger partial charge in [-0.25, -0.2) is 4.39 Å². The van der Waals surface area contributed by atoms with Gasteiger partial charge in [0.15, 0.2) is 8.32 Å². The van der Waals surface area contributed by atoms with Gasteiger partial charge in [0.1, 0.15) is 12.1 Å². The molecule has 0 saturated heterocycles. The number of halogens is 1. The Kier molecular flexibility index (Phi) is 6.56. The van der Waals surface area contributed by atoms with Crippen LogP contribution in [0.15, 0.2) is 35.9 Å². The van der Waals surface area contributed by atoms with Crippen LogP contribution in [0.1, 0.15) is 58.6 Å². The summed E-state index contributed by atoms with van der Waals surface area (Å²) in [6, 6.07) is 5.28. The number of rotatable bonds is 5. The molecule has 0 bridgehead atoms. The van der Waals surface area contributed by atoms with Crippen LogP contribution in [0, 0.1) is 18.2 Å². The second-order valence-corrected chi connectivity index (χ2v) is 14.9. The molecule has 0 spiro atoms. The van der Waals surface area contributed by atoms with E-state index in [1.807, 2.05) is 18.2 Å². The molecule has 0 saturated carbocycles. The van der Waals surface area contributed by atoms with Crippen LogP contribution in [0.4, 0.5) is 4.39 Å². The highest BCUT2D eigenvalue weighted by Crippen LogP contribution is 2.48. The highest BCUT2D eigenvalue weighted by molar-refractivity contribution is 6.74. The van der Waals surface area contributed by atoms with Crippen molar-refractivity contribution in [2.75, 3.05) is 0 Å². The third-order valence-electron chi connectivity index (χ3n) is 6.34. The van der Waals surface area contributed by atoms with E-state index in [0.717, 1.165) is 35.8 Å². The highest BCUT2D eigenvalue weighted by atomic mass is 28.4. The van der Waals surface area contributed by atoms with Crippen LogP contribution in [0.2, 0.25) is 18.1 Å². The Hall–Kier alpha value is -1.52. The molecule has 28 heavy (non-hydrogen) atoms. The number of hydrogen-bond donors (Lipinski definition) is 0. The lowest BCUT2D eigenvalue weighted by molar-refractivity contribution is -0.104. The maximum atomic E-state index is 13.9. The molecule has 0 radical (unpaired) electrons. The van der Waals surface area contributed by atoms with E-state index >= 15 is 0 Å². The van der Waals surface area contributed by atoms with Crippen molar-refractivity contribution in [2.24, 2.45) is 5.41 Å². The first-order valence-electron chi connectivity index (χ1n) is 10.1. The minimum atomic E-state index is -1.91. The van der Waals surface area contributed by atoms with Gasteiger partial charge in [-0.05, 0) is 83.8 Å². The standard InChI is InChI=1S/C24H35FO2Si/c1-17-14-18(11-12-22(17)25)20-15-19(27-28(7,8)23(2,3)4)16-24(5,6)21(20)10-9-13-26/h9-14,19H,15-16H2,1-8H3/b10-9+. The SMILES string of the molecule is Cc1cc(C2=C(/C=C/C=O)C(C)(C)CC(O[Si](C)(C)C(C)(C)C)C2)ccc1F. The molecule has 2 rings (SSSR count). The van der Waals surface area contributed by atoms with E-state index in [2.05, 4.69) is 47.7 Å². The zero-order valence-corrected chi connectivity index (χ0v) is 19.7. The Labute approximate surface area is 171 Å². The number of allylic oxidation sites excluding steroid dienone is 3. The minimum absolute atomic E-state index is 0.115. The van der Waals surface area contributed by atoms with Crippen LogP contribution in [-0.4, -0.2) is 20.7 Å². The molecule has 0 N–H and O–H groups in total. The number of aldehydes is 1. The van der Waals surface area contributed by atoms with Gasteiger partial charge in [0.05, 0.1) is 0 Å². The second kappa shape index (κ2) is 8.07. The van der Waals surface area contributed by atoms with Crippen molar-refractivity contribution < 1.29 is 13.6 Å². The maximum Gasteiger partial charge on any atom is 0.192 e. The van der Waals surface area contributed by atoms with Gasteiger partial charge in [-0.15, -0.1) is 0 Å². The van der Waals surface area contributed by atoms with E-state index in [1.165, 1.54) is 6.07 Å². The third-order valence-corrected chi connectivity index (χ3v) is 10.9. The van der Waals surface area contributed by atoms with Gasteiger partial charge < -0.3 is 4.43 Å². The van der Waals surface area contributed by atoms with Crippen molar-refractivity contribution in [3.63, 3.8) is 0 Å². The maximum absolute atomic E-state index is 13.9. The summed E-state index contributed by atoms with van der Waals surface area (Å²) >= 11 is 0. The van der Waals surface area contributed by atoms with Gasteiger partial charge in [-0.2, -0.15) is 0 Å². The van der Waals surface area contributed by atoms with Gasteiger partial charge in [0.2, 0.25) is 0 Å². The first-order valence-corrected chi connectivity index (χ1v) is 13.0. The molecule has 1 aliphatic carbocycles. The van der Waals surface area contributed by atoms with E-state index in [1.54, 1.807) is 13.0 Å². The number of benzene rings is 1. The fourth-order valence-corrected chi connectivity index (χ4v) is 5.10. The lowest BCUT2D eigenvalue weighted by atomic mass is 9.69. The lowest BCUT2D eigenvalue weighted by Crippen LogP contribution is -2.46. The Balaban J connectivity index is 2.53. The van der Waals surface area contributed by atoms with Crippen molar-refractivity contribution in [3.8, 4) is 0 Å². The molecule has 4 heteroatoms. The van der Waals surface area contributed by atoms with Crippen LogP contribution in [-0.2, 0) is 9.22 Å². The van der Waals surface area contributed by atoms with E-state index in [4.69, 9.17) is 4.43 Å². The van der Waals surface area contributed by atoms with Crippen molar-refractivity contribution >= 4 is 20.2 Å². The molecule has 1 aliphatic rings. The van der Waals surface area contributed by atoms with E-state index in [0.29, 0.717) is 5.56 Å². The van der Waals surface area contributed by atoms with Crippen LogP contribution < -0.4 is 0 Å². The monoisotopic (exact) mass is 402 g/mol. The summed E-state index contributed by atoms with van der Waals surface area (Å²) in [4.78, 5) is 11.0. The van der Waals surface area contributed by atoms with Crippen molar-refractivity contribution in [1.29, 1.82) is 0 Å². The zero-order valence-electron chi connectivity index (χ0n) is 18.7. The predicted molar refractivity (Wildman–Crippen MR) is 118 cm³/mol. The Morgan fingerprint density at radius 2 is 1.89 bits per heavy atom. The molecule has 0 amide bonds. The van der Waals surface area contributed by atoms with Gasteiger partial charge in [0.25, 0.3) is 0 Å². The van der Waals surface area contributed by atoms with Gasteiger partial charge in [0, 0.05) is 6.10 Å². The molecule has 2 nitrogen and oxygen atoms in total. The molecular formula is C24H35FO2Si. The first kappa shape index (κ1) is 22.8. The number of aryl methyl sites for hydroxylation is 1. The number of hydrogen-bond acceptors (Lipinski definition) is 2. The minimum Gasteiger partial charge on any atom is -0.414 e. The first-order chi connectivity index (χ1) is 12.8. The normalized spacial score (nSPS) is 20.7. The van der Waals surface area contributed by atoms with Gasteiger partial charge in [-0.1, -0.05) is 46.8 Å². The Morgan fingerprint density at radius 1 is 1.25 bits per heavy atom. The second-order valence-electron chi connectivity index (χ2n) is 10.1. The third kappa shape index (κ3) is 4.90. The average Bonchev–Trinajstić information content (AvgIpc) is 2.54. The molecule has 1 atom stereocenters. The average molecular weight is 403 g/mol. The van der Waals surface area contributed by atoms with Crippen molar-refractivity contribution in [1.82, 2.24) is 0 Å². The van der Waals surface area contributed by atoms with Gasteiger partial charge in [-0.3, -0.25) is 4.79 Å². The molecule has 1 aromatic carbocycles. The van der Waals surface area contributed by atoms with Crippen LogP contribution in [0.25, 0.3) is 5.57 Å². The highest BCUT2D eigenvalue weighted by Gasteiger charge is 2.42. The van der Waals surface area contributed by atoms with Crippen LogP contribution in [0.3, 0.4) is 0 Å². The smallest absolute Gasteiger partial charge is 0.192 e. The molecule has 0 aromatic heterocycles. The summed E-state index contributed by atoms with van der Waals surface area (Å²) in [5, 5.41) is 0.144. The topological polar surface area (TPSA) is 26.3 Å². The summed E-state index contributed by atoms with van der Waals surface area (Å²) in [6.45, 7) is 17.5. The zero-order chi connectivity index (χ0) is 21.3. The largest absolute Gasteiger partial charge is 0.414 e. The molecule has 0 heterocycles. The molecular weight excluding hydrogens is 367 g/mol. The van der Waals surface area contributed by atoms with Gasteiger partial charge >= 0.3 is 0 Å². The van der Waals surface area contributed by atoms with Crippen molar-refractivity contribution in [2.45, 2.75) is 78.6 Å². The lowest BCUT2D eigenvalue weighted by Gasteiger charge is -2.45. The number of carbonyl (C=O) groups is 1. The van der Waals surface area contributed by atoms with E-state index < -0.39 is 8.32 Å². The molecule has 1 unspecified atom stereocenters. The van der Waals surface area contributed by atoms with Crippen molar-refractivity contribution in [3.05, 3.63) is 52.9 Å². The number of carbonyl (C=O) groups excluding carboxylic acids is 1. The van der Waals surface area contributed by atoms with Crippen LogP contribution >= 0.6 is 0 Å². The van der Waals surface area contributed by atoms with E-state index in [-0.39, 0.29) is 22.4 Å². The predicted octanol–water partition coefficient (Wildman–Crippen LogP) is 6.85. The fourth-order valence-electron chi connectivity index (χ4n) is 3.74. The quantitative estimate of drug-likeness (QED) is 0.306.